The van der Waals surface area contributed by atoms with Gasteiger partial charge < -0.3 is 20.7 Å². The largest absolute Gasteiger partial charge is 0.495 e. The number of methoxy groups -OCH3 is 1. The summed E-state index contributed by atoms with van der Waals surface area (Å²) in [6, 6.07) is 10.6. The van der Waals surface area contributed by atoms with Crippen molar-refractivity contribution in [2.24, 2.45) is 0 Å². The highest BCUT2D eigenvalue weighted by atomic mass is 19.1. The summed E-state index contributed by atoms with van der Waals surface area (Å²) in [4.78, 5) is 23.2. The number of halogens is 1. The van der Waals surface area contributed by atoms with Crippen LogP contribution in [0.1, 0.15) is 6.92 Å². The Kier molecular flexibility index (Phi) is 5.73. The summed E-state index contributed by atoms with van der Waals surface area (Å²) in [5.41, 5.74) is 1.62. The van der Waals surface area contributed by atoms with Gasteiger partial charge in [-0.15, -0.1) is 0 Å². The van der Waals surface area contributed by atoms with Crippen molar-refractivity contribution >= 4 is 28.9 Å². The first-order valence-electron chi connectivity index (χ1n) is 7.23. The minimum atomic E-state index is -0.343. The van der Waals surface area contributed by atoms with Gasteiger partial charge in [-0.05, 0) is 42.5 Å². The Balaban J connectivity index is 2.01. The second-order valence-electron chi connectivity index (χ2n) is 5.00. The molecule has 126 valence electrons. The molecule has 0 aliphatic rings. The summed E-state index contributed by atoms with van der Waals surface area (Å²) in [5, 5.41) is 8.23. The predicted octanol–water partition coefficient (Wildman–Crippen LogP) is 2.84. The molecular formula is C17H18FN3O3. The number of hydrogen-bond acceptors (Lipinski definition) is 4. The predicted molar refractivity (Wildman–Crippen MR) is 90.8 cm³/mol. The standard InChI is InChI=1S/C17H18FN3O3/c1-11(22)20-14-7-8-16(24-2)15(9-14)21-17(23)10-19-13-5-3-12(18)4-6-13/h3-9,19H,10H2,1-2H3,(H,20,22)(H,21,23). The van der Waals surface area contributed by atoms with Crippen molar-refractivity contribution in [3.8, 4) is 5.75 Å². The van der Waals surface area contributed by atoms with Crippen molar-refractivity contribution in [1.82, 2.24) is 0 Å². The number of hydrogen-bond donors (Lipinski definition) is 3. The van der Waals surface area contributed by atoms with Crippen LogP contribution in [0.4, 0.5) is 21.5 Å². The fourth-order valence-corrected chi connectivity index (χ4v) is 2.03. The lowest BCUT2D eigenvalue weighted by molar-refractivity contribution is -0.115. The zero-order chi connectivity index (χ0) is 17.5. The van der Waals surface area contributed by atoms with Gasteiger partial charge >= 0.3 is 0 Å². The van der Waals surface area contributed by atoms with Gasteiger partial charge in [0.15, 0.2) is 0 Å². The quantitative estimate of drug-likeness (QED) is 0.760. The van der Waals surface area contributed by atoms with Crippen LogP contribution in [0.3, 0.4) is 0 Å². The minimum Gasteiger partial charge on any atom is -0.495 e. The molecule has 0 unspecified atom stereocenters. The minimum absolute atomic E-state index is 0.000842. The second-order valence-corrected chi connectivity index (χ2v) is 5.00. The Morgan fingerprint density at radius 1 is 1.04 bits per heavy atom. The van der Waals surface area contributed by atoms with Crippen LogP contribution in [-0.2, 0) is 9.59 Å². The summed E-state index contributed by atoms with van der Waals surface area (Å²) in [6.45, 7) is 1.40. The van der Waals surface area contributed by atoms with Gasteiger partial charge in [-0.1, -0.05) is 0 Å². The highest BCUT2D eigenvalue weighted by Gasteiger charge is 2.09. The average molecular weight is 331 g/mol. The summed E-state index contributed by atoms with van der Waals surface area (Å²) in [5.74, 6) is -0.392. The highest BCUT2D eigenvalue weighted by molar-refractivity contribution is 5.96. The van der Waals surface area contributed by atoms with Crippen LogP contribution in [-0.4, -0.2) is 25.5 Å². The van der Waals surface area contributed by atoms with Crippen molar-refractivity contribution in [3.05, 3.63) is 48.3 Å². The van der Waals surface area contributed by atoms with Gasteiger partial charge in [0, 0.05) is 18.3 Å². The van der Waals surface area contributed by atoms with Crippen LogP contribution in [0.2, 0.25) is 0 Å². The number of carbonyl (C=O) groups excluding carboxylic acids is 2. The first-order valence-corrected chi connectivity index (χ1v) is 7.23. The van der Waals surface area contributed by atoms with E-state index in [9.17, 15) is 14.0 Å². The van der Waals surface area contributed by atoms with Crippen LogP contribution in [0.15, 0.2) is 42.5 Å². The fraction of sp³-hybridized carbons (Fsp3) is 0.176. The van der Waals surface area contributed by atoms with Gasteiger partial charge in [0.1, 0.15) is 11.6 Å². The first-order chi connectivity index (χ1) is 11.5. The molecule has 0 bridgehead atoms. The Morgan fingerprint density at radius 3 is 2.33 bits per heavy atom. The van der Waals surface area contributed by atoms with Gasteiger partial charge in [-0.2, -0.15) is 0 Å². The molecule has 7 heteroatoms. The zero-order valence-corrected chi connectivity index (χ0v) is 13.4. The molecule has 6 nitrogen and oxygen atoms in total. The van der Waals surface area contributed by atoms with Crippen molar-refractivity contribution in [2.75, 3.05) is 29.6 Å². The van der Waals surface area contributed by atoms with Crippen molar-refractivity contribution in [1.29, 1.82) is 0 Å². The monoisotopic (exact) mass is 331 g/mol. The Bertz CT molecular complexity index is 732. The van der Waals surface area contributed by atoms with E-state index in [2.05, 4.69) is 16.0 Å². The van der Waals surface area contributed by atoms with E-state index < -0.39 is 0 Å². The molecule has 0 aliphatic carbocycles. The van der Waals surface area contributed by atoms with Gasteiger partial charge in [-0.25, -0.2) is 4.39 Å². The lowest BCUT2D eigenvalue weighted by Crippen LogP contribution is -2.22. The maximum Gasteiger partial charge on any atom is 0.243 e. The molecule has 0 spiro atoms. The van der Waals surface area contributed by atoms with E-state index in [1.54, 1.807) is 30.3 Å². The lowest BCUT2D eigenvalue weighted by Gasteiger charge is -2.13. The number of rotatable bonds is 6. The summed E-state index contributed by atoms with van der Waals surface area (Å²) in [6.07, 6.45) is 0. The zero-order valence-electron chi connectivity index (χ0n) is 13.4. The number of nitrogens with one attached hydrogen (secondary N) is 3. The molecule has 0 aromatic heterocycles. The molecule has 2 amide bonds. The molecule has 0 saturated carbocycles. The lowest BCUT2D eigenvalue weighted by atomic mass is 10.2. The first kappa shape index (κ1) is 17.3. The van der Waals surface area contributed by atoms with E-state index in [1.807, 2.05) is 0 Å². The summed E-state index contributed by atoms with van der Waals surface area (Å²) < 4.78 is 18.0. The third-order valence-corrected chi connectivity index (χ3v) is 3.09. The normalized spacial score (nSPS) is 9.96. The Morgan fingerprint density at radius 2 is 1.71 bits per heavy atom. The van der Waals surface area contributed by atoms with E-state index in [1.165, 1.54) is 26.2 Å². The van der Waals surface area contributed by atoms with Crippen molar-refractivity contribution < 1.29 is 18.7 Å². The molecular weight excluding hydrogens is 313 g/mol. The maximum atomic E-state index is 12.8. The van der Waals surface area contributed by atoms with E-state index in [0.717, 1.165) is 0 Å². The van der Waals surface area contributed by atoms with Crippen LogP contribution in [0.5, 0.6) is 5.75 Å². The highest BCUT2D eigenvalue weighted by Crippen LogP contribution is 2.27. The molecule has 0 aliphatic heterocycles. The van der Waals surface area contributed by atoms with Gasteiger partial charge in [0.05, 0.1) is 19.3 Å². The van der Waals surface area contributed by atoms with E-state index >= 15 is 0 Å². The van der Waals surface area contributed by atoms with E-state index in [-0.39, 0.29) is 24.2 Å². The smallest absolute Gasteiger partial charge is 0.243 e. The molecule has 0 atom stereocenters. The number of anilines is 3. The molecule has 0 radical (unpaired) electrons. The summed E-state index contributed by atoms with van der Waals surface area (Å²) in [7, 11) is 1.49. The Hall–Kier alpha value is -3.09. The number of amides is 2. The van der Waals surface area contributed by atoms with E-state index in [4.69, 9.17) is 4.74 Å². The molecule has 2 aromatic rings. The second kappa shape index (κ2) is 7.96. The van der Waals surface area contributed by atoms with Gasteiger partial charge in [-0.3, -0.25) is 9.59 Å². The van der Waals surface area contributed by atoms with Crippen molar-refractivity contribution in [2.45, 2.75) is 6.92 Å². The van der Waals surface area contributed by atoms with Crippen LogP contribution < -0.4 is 20.7 Å². The molecule has 2 rings (SSSR count). The molecule has 0 saturated heterocycles. The average Bonchev–Trinajstić information content (AvgIpc) is 2.54. The van der Waals surface area contributed by atoms with Crippen LogP contribution in [0, 0.1) is 5.82 Å². The molecule has 24 heavy (non-hydrogen) atoms. The van der Waals surface area contributed by atoms with Crippen LogP contribution >= 0.6 is 0 Å². The molecule has 0 fully saturated rings. The number of benzene rings is 2. The van der Waals surface area contributed by atoms with Gasteiger partial charge in [0.25, 0.3) is 0 Å². The third kappa shape index (κ3) is 4.98. The number of carbonyl (C=O) groups is 2. The SMILES string of the molecule is COc1ccc(NC(C)=O)cc1NC(=O)CNc1ccc(F)cc1. The van der Waals surface area contributed by atoms with Crippen molar-refractivity contribution in [3.63, 3.8) is 0 Å². The van der Waals surface area contributed by atoms with E-state index in [0.29, 0.717) is 22.8 Å². The van der Waals surface area contributed by atoms with Crippen LogP contribution in [0.25, 0.3) is 0 Å². The fourth-order valence-electron chi connectivity index (χ4n) is 2.03. The third-order valence-electron chi connectivity index (χ3n) is 3.09. The molecule has 0 heterocycles. The molecule has 2 aromatic carbocycles. The number of ether oxygens (including phenoxy) is 1. The molecule has 3 N–H and O–H groups in total. The van der Waals surface area contributed by atoms with Gasteiger partial charge in [0.2, 0.25) is 11.8 Å². The summed E-state index contributed by atoms with van der Waals surface area (Å²) >= 11 is 0. The Labute approximate surface area is 139 Å². The topological polar surface area (TPSA) is 79.5 Å². The maximum absolute atomic E-state index is 12.8.